The number of rotatable bonds is 2. The van der Waals surface area contributed by atoms with Crippen molar-refractivity contribution in [2.24, 2.45) is 0 Å². The molecule has 1 aromatic rings. The van der Waals surface area contributed by atoms with Gasteiger partial charge in [-0.15, -0.1) is 0 Å². The summed E-state index contributed by atoms with van der Waals surface area (Å²) in [4.78, 5) is 0. The van der Waals surface area contributed by atoms with Crippen LogP contribution in [0.2, 0.25) is 0 Å². The lowest BCUT2D eigenvalue weighted by Gasteiger charge is -2.29. The van der Waals surface area contributed by atoms with E-state index in [1.54, 1.807) is 0 Å². The van der Waals surface area contributed by atoms with Gasteiger partial charge in [0, 0.05) is 10.5 Å². The summed E-state index contributed by atoms with van der Waals surface area (Å²) in [7, 11) is -2.68. The molecule has 0 aliphatic rings. The summed E-state index contributed by atoms with van der Waals surface area (Å²) in [6.07, 6.45) is -0.263. The Bertz CT molecular complexity index is 338. The average molecular weight is 212 g/mol. The lowest BCUT2D eigenvalue weighted by Crippen LogP contribution is -2.25. The van der Waals surface area contributed by atoms with E-state index in [0.717, 1.165) is 5.30 Å². The highest BCUT2D eigenvalue weighted by molar-refractivity contribution is 7.72. The molecule has 1 atom stereocenters. The minimum Gasteiger partial charge on any atom is -0.388 e. The molecule has 0 amide bonds. The molecular weight excluding hydrogens is 195 g/mol. The molecule has 0 heterocycles. The lowest BCUT2D eigenvalue weighted by molar-refractivity contribution is 0.354. The van der Waals surface area contributed by atoms with Crippen LogP contribution in [0.1, 0.15) is 20.8 Å². The van der Waals surface area contributed by atoms with Gasteiger partial charge in [0.2, 0.25) is 0 Å². The molecule has 0 aliphatic carbocycles. The van der Waals surface area contributed by atoms with E-state index in [2.05, 4.69) is 0 Å². The zero-order chi connectivity index (χ0) is 10.8. The normalized spacial score (nSPS) is 16.3. The van der Waals surface area contributed by atoms with Crippen molar-refractivity contribution >= 4 is 12.4 Å². The monoisotopic (exact) mass is 212 g/mol. The third-order valence-electron chi connectivity index (χ3n) is 2.46. The van der Waals surface area contributed by atoms with Crippen LogP contribution in [0.4, 0.5) is 0 Å². The quantitative estimate of drug-likeness (QED) is 0.764. The van der Waals surface area contributed by atoms with E-state index in [4.69, 9.17) is 0 Å². The average Bonchev–Trinajstić information content (AvgIpc) is 2.16. The first-order chi connectivity index (χ1) is 6.42. The van der Waals surface area contributed by atoms with Gasteiger partial charge in [0.1, 0.15) is 13.5 Å². The summed E-state index contributed by atoms with van der Waals surface area (Å²) >= 11 is 0. The Morgan fingerprint density at radius 1 is 1.21 bits per heavy atom. The van der Waals surface area contributed by atoms with E-state index in [9.17, 15) is 9.67 Å². The molecule has 0 aromatic heterocycles. The highest BCUT2D eigenvalue weighted by Crippen LogP contribution is 2.55. The second kappa shape index (κ2) is 3.88. The van der Waals surface area contributed by atoms with Gasteiger partial charge in [-0.3, -0.25) is 0 Å². The molecule has 0 spiro atoms. The molecule has 2 nitrogen and oxygen atoms in total. The van der Waals surface area contributed by atoms with E-state index in [-0.39, 0.29) is 11.5 Å². The summed E-state index contributed by atoms with van der Waals surface area (Å²) in [5.74, 6) is 0. The van der Waals surface area contributed by atoms with E-state index >= 15 is 0 Å². The van der Waals surface area contributed by atoms with Gasteiger partial charge in [0.25, 0.3) is 0 Å². The van der Waals surface area contributed by atoms with E-state index in [1.165, 1.54) is 0 Å². The van der Waals surface area contributed by atoms with Gasteiger partial charge in [-0.25, -0.2) is 0 Å². The van der Waals surface area contributed by atoms with Crippen LogP contribution in [-0.2, 0) is 4.57 Å². The van der Waals surface area contributed by atoms with Crippen molar-refractivity contribution in [2.75, 3.05) is 6.35 Å². The highest BCUT2D eigenvalue weighted by Gasteiger charge is 2.37. The molecule has 0 saturated carbocycles. The first-order valence-electron chi connectivity index (χ1n) is 4.67. The van der Waals surface area contributed by atoms with Crippen LogP contribution in [0.25, 0.3) is 0 Å². The molecule has 0 saturated heterocycles. The third-order valence-corrected chi connectivity index (χ3v) is 6.15. The van der Waals surface area contributed by atoms with Gasteiger partial charge >= 0.3 is 0 Å². The Morgan fingerprint density at radius 2 is 1.71 bits per heavy atom. The van der Waals surface area contributed by atoms with E-state index in [1.807, 2.05) is 51.1 Å². The van der Waals surface area contributed by atoms with Gasteiger partial charge in [-0.05, 0) is 0 Å². The first-order valence-corrected chi connectivity index (χ1v) is 6.56. The number of hydrogen-bond acceptors (Lipinski definition) is 2. The fraction of sp³-hybridized carbons (Fsp3) is 0.455. The van der Waals surface area contributed by atoms with Crippen LogP contribution in [0.15, 0.2) is 30.3 Å². The van der Waals surface area contributed by atoms with Crippen LogP contribution in [0.5, 0.6) is 0 Å². The Labute approximate surface area is 85.3 Å². The molecule has 0 bridgehead atoms. The van der Waals surface area contributed by atoms with Crippen molar-refractivity contribution in [1.29, 1.82) is 0 Å². The predicted molar refractivity (Wildman–Crippen MR) is 60.5 cm³/mol. The highest BCUT2D eigenvalue weighted by atomic mass is 31.2. The van der Waals surface area contributed by atoms with Gasteiger partial charge in [-0.1, -0.05) is 51.1 Å². The predicted octanol–water partition coefficient (Wildman–Crippen LogP) is 2.42. The summed E-state index contributed by atoms with van der Waals surface area (Å²) in [6.45, 7) is 5.70. The SMILES string of the molecule is CC(C)(C)[P@@](=O)(CO)c1ccccc1. The van der Waals surface area contributed by atoms with Crippen LogP contribution >= 0.6 is 7.14 Å². The molecule has 78 valence electrons. The first kappa shape index (κ1) is 11.5. The van der Waals surface area contributed by atoms with Crippen molar-refractivity contribution in [2.45, 2.75) is 25.9 Å². The van der Waals surface area contributed by atoms with Crippen molar-refractivity contribution < 1.29 is 9.67 Å². The fourth-order valence-electron chi connectivity index (χ4n) is 1.35. The topological polar surface area (TPSA) is 37.3 Å². The lowest BCUT2D eigenvalue weighted by atomic mass is 10.3. The summed E-state index contributed by atoms with van der Waals surface area (Å²) in [6, 6.07) is 9.23. The third kappa shape index (κ3) is 1.92. The summed E-state index contributed by atoms with van der Waals surface area (Å²) in [5.41, 5.74) is 0. The standard InChI is InChI=1S/C11H17O2P/c1-11(2,3)14(13,9-12)10-7-5-4-6-8-10/h4-8,12H,9H2,1-3H3/t14-/m1/s1. The molecule has 1 aromatic carbocycles. The molecule has 1 rings (SSSR count). The van der Waals surface area contributed by atoms with Gasteiger partial charge in [0.05, 0.1) is 0 Å². The van der Waals surface area contributed by atoms with Crippen molar-refractivity contribution in [3.8, 4) is 0 Å². The second-order valence-corrected chi connectivity index (χ2v) is 8.01. The summed E-state index contributed by atoms with van der Waals surface area (Å²) < 4.78 is 12.6. The molecule has 0 aliphatic heterocycles. The number of aliphatic hydroxyl groups is 1. The molecule has 3 heteroatoms. The minimum absolute atomic E-state index is 0.263. The van der Waals surface area contributed by atoms with Crippen molar-refractivity contribution in [3.05, 3.63) is 30.3 Å². The van der Waals surface area contributed by atoms with Crippen LogP contribution < -0.4 is 5.30 Å². The van der Waals surface area contributed by atoms with E-state index in [0.29, 0.717) is 0 Å². The fourth-order valence-corrected chi connectivity index (χ4v) is 3.37. The van der Waals surface area contributed by atoms with Gasteiger partial charge in [-0.2, -0.15) is 0 Å². The minimum atomic E-state index is -2.68. The van der Waals surface area contributed by atoms with Crippen LogP contribution in [0, 0.1) is 0 Å². The Kier molecular flexibility index (Phi) is 3.18. The Hall–Kier alpha value is -0.590. The Balaban J connectivity index is 3.23. The largest absolute Gasteiger partial charge is 0.388 e. The molecular formula is C11H17O2P. The van der Waals surface area contributed by atoms with Crippen LogP contribution in [0.3, 0.4) is 0 Å². The van der Waals surface area contributed by atoms with E-state index < -0.39 is 7.14 Å². The van der Waals surface area contributed by atoms with Gasteiger partial charge in [0.15, 0.2) is 0 Å². The Morgan fingerprint density at radius 3 is 2.07 bits per heavy atom. The second-order valence-electron chi connectivity index (χ2n) is 4.39. The number of hydrogen-bond donors (Lipinski definition) is 1. The summed E-state index contributed by atoms with van der Waals surface area (Å²) in [5, 5.41) is 9.68. The van der Waals surface area contributed by atoms with Gasteiger partial charge < -0.3 is 9.67 Å². The molecule has 0 fully saturated rings. The number of aliphatic hydroxyl groups excluding tert-OH is 1. The smallest absolute Gasteiger partial charge is 0.144 e. The maximum atomic E-state index is 12.6. The zero-order valence-corrected chi connectivity index (χ0v) is 9.79. The maximum absolute atomic E-state index is 12.6. The zero-order valence-electron chi connectivity index (χ0n) is 8.90. The molecule has 0 radical (unpaired) electrons. The van der Waals surface area contributed by atoms with Crippen molar-refractivity contribution in [1.82, 2.24) is 0 Å². The molecule has 14 heavy (non-hydrogen) atoms. The van der Waals surface area contributed by atoms with Crippen molar-refractivity contribution in [3.63, 3.8) is 0 Å². The molecule has 0 unspecified atom stereocenters. The maximum Gasteiger partial charge on any atom is 0.144 e. The van der Waals surface area contributed by atoms with Crippen LogP contribution in [-0.4, -0.2) is 16.6 Å². The molecule has 1 N–H and O–H groups in total. The number of benzene rings is 1.